The molecule has 0 unspecified atom stereocenters. The lowest BCUT2D eigenvalue weighted by Gasteiger charge is -2.06. The van der Waals surface area contributed by atoms with Gasteiger partial charge >= 0.3 is 0 Å². The highest BCUT2D eigenvalue weighted by Crippen LogP contribution is 2.27. The number of nitriles is 1. The Labute approximate surface area is 78.0 Å². The number of alkyl halides is 2. The molecule has 2 N–H and O–H groups in total. The monoisotopic (exact) mass is 197 g/mol. The summed E-state index contributed by atoms with van der Waals surface area (Å²) in [7, 11) is 0. The molecule has 72 valence electrons. The molecule has 1 heterocycles. The Morgan fingerprint density at radius 3 is 2.71 bits per heavy atom. The van der Waals surface area contributed by atoms with E-state index in [2.05, 4.69) is 4.98 Å². The molecule has 1 rings (SSSR count). The van der Waals surface area contributed by atoms with Gasteiger partial charge in [-0.3, -0.25) is 4.79 Å². The lowest BCUT2D eigenvalue weighted by Crippen LogP contribution is -2.05. The third-order valence-electron chi connectivity index (χ3n) is 1.65. The standard InChI is InChI=1S/C8H5F2N3O/c9-7(10)6-4(1-11)2-13-8(12)5(6)3-14/h2-3,7H,(H2,12,13). The van der Waals surface area contributed by atoms with Gasteiger partial charge in [0.15, 0.2) is 6.29 Å². The summed E-state index contributed by atoms with van der Waals surface area (Å²) in [6, 6.07) is 1.52. The minimum Gasteiger partial charge on any atom is -0.383 e. The maximum Gasteiger partial charge on any atom is 0.266 e. The smallest absolute Gasteiger partial charge is 0.266 e. The van der Waals surface area contributed by atoms with Crippen LogP contribution in [-0.2, 0) is 0 Å². The van der Waals surface area contributed by atoms with E-state index < -0.39 is 17.6 Å². The average Bonchev–Trinajstić information content (AvgIpc) is 2.17. The van der Waals surface area contributed by atoms with E-state index in [1.165, 1.54) is 6.07 Å². The molecule has 0 aliphatic carbocycles. The predicted octanol–water partition coefficient (Wildman–Crippen LogP) is 1.29. The van der Waals surface area contributed by atoms with E-state index in [1.54, 1.807) is 0 Å². The van der Waals surface area contributed by atoms with Crippen LogP contribution in [0.15, 0.2) is 6.20 Å². The number of nitrogen functional groups attached to an aromatic ring is 1. The van der Waals surface area contributed by atoms with E-state index in [1.807, 2.05) is 0 Å². The summed E-state index contributed by atoms with van der Waals surface area (Å²) in [5, 5.41) is 8.50. The van der Waals surface area contributed by atoms with Crippen LogP contribution in [0.25, 0.3) is 0 Å². The number of anilines is 1. The quantitative estimate of drug-likeness (QED) is 0.724. The Morgan fingerprint density at radius 1 is 1.64 bits per heavy atom. The van der Waals surface area contributed by atoms with Crippen molar-refractivity contribution >= 4 is 12.1 Å². The minimum absolute atomic E-state index is 0.171. The van der Waals surface area contributed by atoms with Crippen molar-refractivity contribution in [1.82, 2.24) is 4.98 Å². The molecule has 14 heavy (non-hydrogen) atoms. The second-order valence-corrected chi connectivity index (χ2v) is 2.41. The van der Waals surface area contributed by atoms with Gasteiger partial charge in [0, 0.05) is 6.20 Å². The van der Waals surface area contributed by atoms with Crippen LogP contribution >= 0.6 is 0 Å². The molecule has 0 saturated heterocycles. The Hall–Kier alpha value is -2.03. The van der Waals surface area contributed by atoms with E-state index in [4.69, 9.17) is 11.0 Å². The molecule has 1 aromatic rings. The van der Waals surface area contributed by atoms with Crippen molar-refractivity contribution in [2.24, 2.45) is 0 Å². The largest absolute Gasteiger partial charge is 0.383 e. The molecule has 0 aliphatic rings. The van der Waals surface area contributed by atoms with Gasteiger partial charge in [-0.1, -0.05) is 0 Å². The van der Waals surface area contributed by atoms with Gasteiger partial charge < -0.3 is 5.73 Å². The van der Waals surface area contributed by atoms with Crippen LogP contribution in [0, 0.1) is 11.3 Å². The lowest BCUT2D eigenvalue weighted by molar-refractivity contribution is 0.110. The van der Waals surface area contributed by atoms with Crippen molar-refractivity contribution in [1.29, 1.82) is 5.26 Å². The van der Waals surface area contributed by atoms with Gasteiger partial charge in [0.1, 0.15) is 11.9 Å². The average molecular weight is 197 g/mol. The number of nitrogens with two attached hydrogens (primary N) is 1. The summed E-state index contributed by atoms with van der Waals surface area (Å²) in [6.07, 6.45) is -1.83. The molecule has 0 amide bonds. The second-order valence-electron chi connectivity index (χ2n) is 2.41. The third kappa shape index (κ3) is 1.52. The van der Waals surface area contributed by atoms with Gasteiger partial charge in [0.2, 0.25) is 0 Å². The third-order valence-corrected chi connectivity index (χ3v) is 1.65. The fraction of sp³-hybridized carbons (Fsp3) is 0.125. The van der Waals surface area contributed by atoms with Crippen LogP contribution in [0.4, 0.5) is 14.6 Å². The van der Waals surface area contributed by atoms with E-state index in [9.17, 15) is 13.6 Å². The Bertz CT molecular complexity index is 412. The van der Waals surface area contributed by atoms with Gasteiger partial charge in [0.25, 0.3) is 6.43 Å². The molecule has 0 aromatic carbocycles. The maximum atomic E-state index is 12.4. The van der Waals surface area contributed by atoms with Crippen molar-refractivity contribution in [3.05, 3.63) is 22.9 Å². The van der Waals surface area contributed by atoms with Gasteiger partial charge in [-0.05, 0) is 0 Å². The van der Waals surface area contributed by atoms with Gasteiger partial charge in [-0.2, -0.15) is 5.26 Å². The Morgan fingerprint density at radius 2 is 2.29 bits per heavy atom. The van der Waals surface area contributed by atoms with Crippen molar-refractivity contribution in [2.45, 2.75) is 6.43 Å². The molecular weight excluding hydrogens is 192 g/mol. The first-order chi connectivity index (χ1) is 6.61. The summed E-state index contributed by atoms with van der Waals surface area (Å²) in [6.45, 7) is 0. The van der Waals surface area contributed by atoms with E-state index >= 15 is 0 Å². The molecule has 1 aromatic heterocycles. The molecule has 0 aliphatic heterocycles. The first-order valence-corrected chi connectivity index (χ1v) is 3.53. The van der Waals surface area contributed by atoms with E-state index in [0.717, 1.165) is 6.20 Å². The number of carbonyl (C=O) groups is 1. The van der Waals surface area contributed by atoms with Crippen LogP contribution in [0.1, 0.15) is 27.9 Å². The molecule has 0 radical (unpaired) electrons. The van der Waals surface area contributed by atoms with E-state index in [-0.39, 0.29) is 17.7 Å². The maximum absolute atomic E-state index is 12.4. The summed E-state index contributed by atoms with van der Waals surface area (Å²) >= 11 is 0. The molecule has 0 spiro atoms. The zero-order valence-electron chi connectivity index (χ0n) is 6.87. The fourth-order valence-corrected chi connectivity index (χ4v) is 1.00. The topological polar surface area (TPSA) is 79.8 Å². The highest BCUT2D eigenvalue weighted by molar-refractivity contribution is 5.85. The Balaban J connectivity index is 3.54. The first-order valence-electron chi connectivity index (χ1n) is 3.53. The number of aromatic nitrogens is 1. The zero-order valence-corrected chi connectivity index (χ0v) is 6.87. The Kier molecular flexibility index (Phi) is 2.72. The highest BCUT2D eigenvalue weighted by atomic mass is 19.3. The normalized spacial score (nSPS) is 9.86. The first kappa shape index (κ1) is 10.1. The fourth-order valence-electron chi connectivity index (χ4n) is 1.00. The van der Waals surface area contributed by atoms with Crippen molar-refractivity contribution in [3.8, 4) is 6.07 Å². The molecule has 0 atom stereocenters. The van der Waals surface area contributed by atoms with Crippen molar-refractivity contribution in [2.75, 3.05) is 5.73 Å². The molecular formula is C8H5F2N3O. The van der Waals surface area contributed by atoms with Crippen LogP contribution < -0.4 is 5.73 Å². The molecule has 0 fully saturated rings. The predicted molar refractivity (Wildman–Crippen MR) is 43.7 cm³/mol. The second kappa shape index (κ2) is 3.79. The number of halogens is 2. The number of pyridine rings is 1. The molecule has 4 nitrogen and oxygen atoms in total. The van der Waals surface area contributed by atoms with Crippen LogP contribution in [0.5, 0.6) is 0 Å². The number of aldehydes is 1. The van der Waals surface area contributed by atoms with Crippen LogP contribution in [0.2, 0.25) is 0 Å². The minimum atomic E-state index is -2.92. The van der Waals surface area contributed by atoms with Crippen LogP contribution in [0.3, 0.4) is 0 Å². The summed E-state index contributed by atoms with van der Waals surface area (Å²) in [5.41, 5.74) is 3.80. The number of hydrogen-bond acceptors (Lipinski definition) is 4. The molecule has 0 saturated carbocycles. The molecule has 6 heteroatoms. The van der Waals surface area contributed by atoms with Gasteiger partial charge in [0.05, 0.1) is 16.7 Å². The SMILES string of the molecule is N#Cc1cnc(N)c(C=O)c1C(F)F. The highest BCUT2D eigenvalue weighted by Gasteiger charge is 2.20. The summed E-state index contributed by atoms with van der Waals surface area (Å²) in [5.74, 6) is -0.297. The van der Waals surface area contributed by atoms with Crippen molar-refractivity contribution in [3.63, 3.8) is 0 Å². The number of nitrogens with zero attached hydrogens (tertiary/aromatic N) is 2. The van der Waals surface area contributed by atoms with Gasteiger partial charge in [-0.25, -0.2) is 13.8 Å². The van der Waals surface area contributed by atoms with Crippen molar-refractivity contribution < 1.29 is 13.6 Å². The number of carbonyl (C=O) groups excluding carboxylic acids is 1. The summed E-state index contributed by atoms with van der Waals surface area (Å²) < 4.78 is 24.9. The number of hydrogen-bond donors (Lipinski definition) is 1. The van der Waals surface area contributed by atoms with Crippen LogP contribution in [-0.4, -0.2) is 11.3 Å². The zero-order chi connectivity index (χ0) is 10.7. The lowest BCUT2D eigenvalue weighted by atomic mass is 10.1. The van der Waals surface area contributed by atoms with Gasteiger partial charge in [-0.15, -0.1) is 0 Å². The number of rotatable bonds is 2. The summed E-state index contributed by atoms with van der Waals surface area (Å²) in [4.78, 5) is 13.9. The van der Waals surface area contributed by atoms with E-state index in [0.29, 0.717) is 0 Å². The molecule has 0 bridgehead atoms.